The van der Waals surface area contributed by atoms with Crippen LogP contribution in [0.2, 0.25) is 0 Å². The molecule has 0 radical (unpaired) electrons. The molecule has 3 atom stereocenters. The van der Waals surface area contributed by atoms with Crippen molar-refractivity contribution in [1.82, 2.24) is 16.0 Å². The lowest BCUT2D eigenvalue weighted by Crippen LogP contribution is -2.53. The fourth-order valence-electron chi connectivity index (χ4n) is 5.57. The molecule has 6 nitrogen and oxygen atoms in total. The van der Waals surface area contributed by atoms with Crippen LogP contribution in [0, 0.1) is 23.2 Å². The molecule has 6 heteroatoms. The van der Waals surface area contributed by atoms with E-state index in [1.165, 1.54) is 12.8 Å². The van der Waals surface area contributed by atoms with Crippen LogP contribution in [0.5, 0.6) is 0 Å². The first-order valence-electron chi connectivity index (χ1n) is 8.54. The highest BCUT2D eigenvalue weighted by atomic mass is 16.2. The van der Waals surface area contributed by atoms with E-state index < -0.39 is 17.5 Å². The van der Waals surface area contributed by atoms with E-state index in [0.29, 0.717) is 23.3 Å². The van der Waals surface area contributed by atoms with E-state index >= 15 is 0 Å². The van der Waals surface area contributed by atoms with Gasteiger partial charge in [-0.1, -0.05) is 30.3 Å². The minimum absolute atomic E-state index is 0.0572. The van der Waals surface area contributed by atoms with Gasteiger partial charge in [0, 0.05) is 0 Å². The van der Waals surface area contributed by atoms with Crippen molar-refractivity contribution in [2.75, 3.05) is 6.54 Å². The first-order valence-corrected chi connectivity index (χ1v) is 8.54. The number of imide groups is 1. The molecule has 1 aliphatic heterocycles. The molecule has 3 N–H and O–H groups in total. The zero-order valence-electron chi connectivity index (χ0n) is 13.2. The summed E-state index contributed by atoms with van der Waals surface area (Å²) in [6.07, 6.45) is 3.35. The van der Waals surface area contributed by atoms with E-state index in [4.69, 9.17) is 0 Å². The summed E-state index contributed by atoms with van der Waals surface area (Å²) in [7, 11) is 0. The summed E-state index contributed by atoms with van der Waals surface area (Å²) in [5.41, 5.74) is -0.729. The average molecular weight is 325 g/mol. The number of benzene rings is 1. The Hall–Kier alpha value is -2.37. The van der Waals surface area contributed by atoms with Crippen LogP contribution >= 0.6 is 0 Å². The van der Waals surface area contributed by atoms with Crippen LogP contribution in [0.4, 0.5) is 4.79 Å². The molecule has 4 aliphatic carbocycles. The van der Waals surface area contributed by atoms with Crippen molar-refractivity contribution in [3.63, 3.8) is 0 Å². The van der Waals surface area contributed by atoms with E-state index in [0.717, 1.165) is 6.42 Å². The molecule has 4 amide bonds. The molecule has 4 bridgehead atoms. The SMILES string of the molecule is O=C1NC(=O)C(CNC(=O)C23CC4CC2C3C4)(c2ccccc2)N1. The molecule has 5 aliphatic rings. The minimum Gasteiger partial charge on any atom is -0.352 e. The summed E-state index contributed by atoms with van der Waals surface area (Å²) < 4.78 is 0. The number of amides is 4. The molecule has 5 fully saturated rings. The third-order valence-electron chi connectivity index (χ3n) is 6.65. The minimum atomic E-state index is -1.23. The summed E-state index contributed by atoms with van der Waals surface area (Å²) in [6, 6.07) is 8.55. The normalized spacial score (nSPS) is 41.1. The maximum atomic E-state index is 12.8. The number of carbonyl (C=O) groups excluding carboxylic acids is 3. The van der Waals surface area contributed by atoms with Gasteiger partial charge in [-0.05, 0) is 42.6 Å². The van der Waals surface area contributed by atoms with Crippen LogP contribution in [0.15, 0.2) is 30.3 Å². The molecule has 4 saturated carbocycles. The van der Waals surface area contributed by atoms with Gasteiger partial charge in [0.2, 0.25) is 5.91 Å². The number of rotatable bonds is 4. The number of hydrogen-bond donors (Lipinski definition) is 3. The van der Waals surface area contributed by atoms with Crippen LogP contribution in [-0.2, 0) is 15.1 Å². The molecule has 1 saturated heterocycles. The molecule has 24 heavy (non-hydrogen) atoms. The Bertz CT molecular complexity index is 750. The van der Waals surface area contributed by atoms with Crippen molar-refractivity contribution in [2.45, 2.75) is 24.8 Å². The summed E-state index contributed by atoms with van der Waals surface area (Å²) in [5.74, 6) is 1.44. The quantitative estimate of drug-likeness (QED) is 0.718. The second kappa shape index (κ2) is 4.37. The Balaban J connectivity index is 1.40. The summed E-state index contributed by atoms with van der Waals surface area (Å²) in [5, 5.41) is 7.99. The number of carbonyl (C=O) groups is 3. The smallest absolute Gasteiger partial charge is 0.322 e. The van der Waals surface area contributed by atoms with Gasteiger partial charge in [0.25, 0.3) is 5.91 Å². The lowest BCUT2D eigenvalue weighted by molar-refractivity contribution is -0.128. The largest absolute Gasteiger partial charge is 0.352 e. The first kappa shape index (κ1) is 14.0. The number of hydrogen-bond acceptors (Lipinski definition) is 3. The van der Waals surface area contributed by atoms with E-state index in [9.17, 15) is 14.4 Å². The zero-order valence-corrected chi connectivity index (χ0v) is 13.2. The fourth-order valence-corrected chi connectivity index (χ4v) is 5.57. The summed E-state index contributed by atoms with van der Waals surface area (Å²) in [4.78, 5) is 37.0. The summed E-state index contributed by atoms with van der Waals surface area (Å²) in [6.45, 7) is 0.0826. The highest BCUT2D eigenvalue weighted by Gasteiger charge is 2.78. The van der Waals surface area contributed by atoms with Crippen molar-refractivity contribution in [3.8, 4) is 0 Å². The van der Waals surface area contributed by atoms with Gasteiger partial charge in [0.1, 0.15) is 0 Å². The zero-order chi connectivity index (χ0) is 16.5. The van der Waals surface area contributed by atoms with Gasteiger partial charge in [0.05, 0.1) is 12.0 Å². The van der Waals surface area contributed by atoms with Crippen LogP contribution in [-0.4, -0.2) is 24.4 Å². The third kappa shape index (κ3) is 1.58. The Morgan fingerprint density at radius 2 is 1.88 bits per heavy atom. The van der Waals surface area contributed by atoms with Crippen molar-refractivity contribution in [3.05, 3.63) is 35.9 Å². The van der Waals surface area contributed by atoms with Crippen molar-refractivity contribution < 1.29 is 14.4 Å². The van der Waals surface area contributed by atoms with Gasteiger partial charge in [-0.25, -0.2) is 4.79 Å². The Kier molecular flexibility index (Phi) is 2.55. The van der Waals surface area contributed by atoms with E-state index in [-0.39, 0.29) is 17.9 Å². The Morgan fingerprint density at radius 3 is 2.42 bits per heavy atom. The van der Waals surface area contributed by atoms with Gasteiger partial charge in [-0.15, -0.1) is 0 Å². The van der Waals surface area contributed by atoms with E-state index in [1.54, 1.807) is 12.1 Å². The molecule has 3 unspecified atom stereocenters. The van der Waals surface area contributed by atoms with E-state index in [2.05, 4.69) is 16.0 Å². The first-order chi connectivity index (χ1) is 11.6. The highest BCUT2D eigenvalue weighted by molar-refractivity contribution is 6.08. The second-order valence-electron chi connectivity index (χ2n) is 7.66. The monoisotopic (exact) mass is 325 g/mol. The number of urea groups is 1. The van der Waals surface area contributed by atoms with Gasteiger partial charge in [-0.2, -0.15) is 0 Å². The molecule has 0 aromatic heterocycles. The maximum Gasteiger partial charge on any atom is 0.322 e. The van der Waals surface area contributed by atoms with Crippen molar-refractivity contribution in [1.29, 1.82) is 0 Å². The van der Waals surface area contributed by atoms with Crippen LogP contribution in [0.1, 0.15) is 24.8 Å². The third-order valence-corrected chi connectivity index (χ3v) is 6.65. The van der Waals surface area contributed by atoms with E-state index in [1.807, 2.05) is 18.2 Å². The predicted octanol–water partition coefficient (Wildman–Crippen LogP) is 0.884. The Labute approximate surface area is 139 Å². The molecular formula is C18H19N3O3. The molecule has 1 aromatic rings. The highest BCUT2D eigenvalue weighted by Crippen LogP contribution is 2.79. The Morgan fingerprint density at radius 1 is 1.17 bits per heavy atom. The van der Waals surface area contributed by atoms with Crippen LogP contribution < -0.4 is 16.0 Å². The number of nitrogens with one attached hydrogen (secondary N) is 3. The van der Waals surface area contributed by atoms with Gasteiger partial charge in [0.15, 0.2) is 5.54 Å². The molecule has 1 heterocycles. The van der Waals surface area contributed by atoms with Crippen molar-refractivity contribution in [2.24, 2.45) is 23.2 Å². The molecule has 0 spiro atoms. The molecule has 1 aromatic carbocycles. The molecule has 124 valence electrons. The second-order valence-corrected chi connectivity index (χ2v) is 7.66. The standard InChI is InChI=1S/C18H19N3O3/c22-14(17-8-10-6-12(17)13(17)7-10)19-9-18(11-4-2-1-3-5-11)15(23)20-16(24)21-18/h1-5,10,12-13H,6-9H2,(H,19,22)(H2,20,21,23,24). The topological polar surface area (TPSA) is 87.3 Å². The maximum absolute atomic E-state index is 12.8. The average Bonchev–Trinajstić information content (AvgIpc) is 3.10. The van der Waals surface area contributed by atoms with Crippen LogP contribution in [0.25, 0.3) is 0 Å². The summed E-state index contributed by atoms with van der Waals surface area (Å²) >= 11 is 0. The van der Waals surface area contributed by atoms with Crippen molar-refractivity contribution >= 4 is 17.8 Å². The van der Waals surface area contributed by atoms with Gasteiger partial charge < -0.3 is 10.6 Å². The predicted molar refractivity (Wildman–Crippen MR) is 84.6 cm³/mol. The molecular weight excluding hydrogens is 306 g/mol. The lowest BCUT2D eigenvalue weighted by atomic mass is 9.89. The fraction of sp³-hybridized carbons (Fsp3) is 0.500. The lowest BCUT2D eigenvalue weighted by Gasteiger charge is -2.27. The van der Waals surface area contributed by atoms with Crippen LogP contribution in [0.3, 0.4) is 0 Å². The molecule has 6 rings (SSSR count). The van der Waals surface area contributed by atoms with Gasteiger partial charge >= 0.3 is 6.03 Å². The van der Waals surface area contributed by atoms with Gasteiger partial charge in [-0.3, -0.25) is 14.9 Å².